The summed E-state index contributed by atoms with van der Waals surface area (Å²) >= 11 is 1.60. The number of benzene rings is 1. The van der Waals surface area contributed by atoms with Crippen molar-refractivity contribution in [3.8, 4) is 11.4 Å². The summed E-state index contributed by atoms with van der Waals surface area (Å²) in [7, 11) is 1.86. The molecular formula is C24H23N9O4S. The molecule has 4 N–H and O–H groups in total. The number of ether oxygens (including phenoxy) is 1. The van der Waals surface area contributed by atoms with Crippen molar-refractivity contribution in [3.05, 3.63) is 57.6 Å². The monoisotopic (exact) mass is 533 g/mol. The molecular weight excluding hydrogens is 510 g/mol. The number of imidazole rings is 1. The van der Waals surface area contributed by atoms with Crippen LogP contribution in [0.1, 0.15) is 15.2 Å². The average Bonchev–Trinajstić information content (AvgIpc) is 3.54. The van der Waals surface area contributed by atoms with Crippen molar-refractivity contribution in [2.75, 3.05) is 43.2 Å². The number of aromatic amines is 2. The summed E-state index contributed by atoms with van der Waals surface area (Å²) in [6.45, 7) is 3.16. The highest BCUT2D eigenvalue weighted by Gasteiger charge is 2.22. The molecule has 0 radical (unpaired) electrons. The lowest BCUT2D eigenvalue weighted by molar-refractivity contribution is 0.0705. The predicted molar refractivity (Wildman–Crippen MR) is 142 cm³/mol. The van der Waals surface area contributed by atoms with E-state index in [0.29, 0.717) is 55.7 Å². The van der Waals surface area contributed by atoms with Crippen LogP contribution in [0, 0.1) is 0 Å². The van der Waals surface area contributed by atoms with Crippen molar-refractivity contribution >= 4 is 50.3 Å². The SMILES string of the molecule is CN(Cc1cc2nc(-c3cccc4[nH]c(=O)[nH]c34)nc(N3CCOCC3)c2s1)c1ncc(C(=O)NO)cn1. The molecule has 0 aliphatic carbocycles. The highest BCUT2D eigenvalue weighted by atomic mass is 32.1. The molecule has 1 aromatic carbocycles. The van der Waals surface area contributed by atoms with Gasteiger partial charge in [0.1, 0.15) is 0 Å². The highest BCUT2D eigenvalue weighted by molar-refractivity contribution is 7.19. The van der Waals surface area contributed by atoms with Gasteiger partial charge >= 0.3 is 5.69 Å². The average molecular weight is 534 g/mol. The number of aromatic nitrogens is 6. The standard InChI is InChI=1S/C24H23N9O4S/c1-32(23-25-10-13(11-26-23)22(34)31-36)12-14-9-17-19(38-14)21(33-5-7-37-8-6-33)30-20(27-17)15-3-2-4-16-18(15)29-24(35)28-16/h2-4,9-11,36H,5-8,12H2,1H3,(H,31,34)(H2,28,29,35). The van der Waals surface area contributed by atoms with Crippen LogP contribution in [0.5, 0.6) is 0 Å². The van der Waals surface area contributed by atoms with Gasteiger partial charge in [0.05, 0.1) is 46.6 Å². The number of hydroxylamine groups is 1. The minimum atomic E-state index is -0.673. The number of fused-ring (bicyclic) bond motifs is 2. The number of morpholine rings is 1. The molecule has 0 bridgehead atoms. The first-order valence-corrected chi connectivity index (χ1v) is 12.6. The van der Waals surface area contributed by atoms with Gasteiger partial charge < -0.3 is 24.5 Å². The number of nitrogens with zero attached hydrogens (tertiary/aromatic N) is 6. The Morgan fingerprint density at radius 2 is 2.00 bits per heavy atom. The van der Waals surface area contributed by atoms with E-state index in [9.17, 15) is 9.59 Å². The Balaban J connectivity index is 1.39. The Morgan fingerprint density at radius 1 is 1.21 bits per heavy atom. The van der Waals surface area contributed by atoms with E-state index in [-0.39, 0.29) is 11.3 Å². The fourth-order valence-electron chi connectivity index (χ4n) is 4.40. The van der Waals surface area contributed by atoms with Gasteiger partial charge in [-0.05, 0) is 18.2 Å². The third-order valence-electron chi connectivity index (χ3n) is 6.24. The lowest BCUT2D eigenvalue weighted by atomic mass is 10.1. The Labute approximate surface area is 219 Å². The Kier molecular flexibility index (Phi) is 6.19. The molecule has 194 valence electrons. The van der Waals surface area contributed by atoms with Crippen LogP contribution in [-0.4, -0.2) is 74.4 Å². The van der Waals surface area contributed by atoms with Crippen LogP contribution >= 0.6 is 11.3 Å². The van der Waals surface area contributed by atoms with Gasteiger partial charge in [0.15, 0.2) is 11.6 Å². The van der Waals surface area contributed by atoms with Gasteiger partial charge in [0.2, 0.25) is 5.95 Å². The van der Waals surface area contributed by atoms with Crippen LogP contribution in [0.3, 0.4) is 0 Å². The van der Waals surface area contributed by atoms with Gasteiger partial charge in [-0.3, -0.25) is 10.0 Å². The van der Waals surface area contributed by atoms with Crippen LogP contribution in [0.15, 0.2) is 41.5 Å². The summed E-state index contributed by atoms with van der Waals surface area (Å²) in [5.74, 6) is 1.12. The Morgan fingerprint density at radius 3 is 2.76 bits per heavy atom. The summed E-state index contributed by atoms with van der Waals surface area (Å²) in [4.78, 5) is 52.6. The molecule has 1 aliphatic rings. The molecule has 0 saturated carbocycles. The Hall–Kier alpha value is -4.40. The second-order valence-electron chi connectivity index (χ2n) is 8.77. The molecule has 5 aromatic rings. The van der Waals surface area contributed by atoms with Crippen LogP contribution in [0.2, 0.25) is 0 Å². The van der Waals surface area contributed by atoms with Crippen molar-refractivity contribution in [1.29, 1.82) is 0 Å². The number of hydrogen-bond donors (Lipinski definition) is 4. The highest BCUT2D eigenvalue weighted by Crippen LogP contribution is 2.36. The third kappa shape index (κ3) is 4.44. The third-order valence-corrected chi connectivity index (χ3v) is 7.35. The molecule has 1 amide bonds. The number of para-hydroxylation sites is 1. The maximum Gasteiger partial charge on any atom is 0.323 e. The fraction of sp³-hybridized carbons (Fsp3) is 0.250. The number of H-pyrrole nitrogens is 2. The first-order valence-electron chi connectivity index (χ1n) is 11.8. The first kappa shape index (κ1) is 24.0. The number of amides is 1. The van der Waals surface area contributed by atoms with Crippen LogP contribution in [0.4, 0.5) is 11.8 Å². The van der Waals surface area contributed by atoms with E-state index in [4.69, 9.17) is 19.9 Å². The molecule has 38 heavy (non-hydrogen) atoms. The van der Waals surface area contributed by atoms with Crippen LogP contribution in [0.25, 0.3) is 32.6 Å². The molecule has 6 rings (SSSR count). The number of hydrogen-bond acceptors (Lipinski definition) is 11. The quantitative estimate of drug-likeness (QED) is 0.187. The zero-order chi connectivity index (χ0) is 26.2. The smallest absolute Gasteiger partial charge is 0.323 e. The minimum Gasteiger partial charge on any atom is -0.378 e. The molecule has 13 nitrogen and oxygen atoms in total. The van der Waals surface area contributed by atoms with Crippen molar-refractivity contribution in [3.63, 3.8) is 0 Å². The number of anilines is 2. The van der Waals surface area contributed by atoms with E-state index >= 15 is 0 Å². The molecule has 1 fully saturated rings. The normalized spacial score (nSPS) is 13.8. The summed E-state index contributed by atoms with van der Waals surface area (Å²) in [6.07, 6.45) is 2.71. The summed E-state index contributed by atoms with van der Waals surface area (Å²) in [5.41, 5.74) is 4.34. The van der Waals surface area contributed by atoms with Crippen LogP contribution < -0.4 is 21.0 Å². The van der Waals surface area contributed by atoms with Crippen molar-refractivity contribution in [2.24, 2.45) is 0 Å². The number of carbonyl (C=O) groups excluding carboxylic acids is 1. The summed E-state index contributed by atoms with van der Waals surface area (Å²) in [6, 6.07) is 7.63. The van der Waals surface area contributed by atoms with Gasteiger partial charge in [0, 0.05) is 43.0 Å². The molecule has 14 heteroatoms. The van der Waals surface area contributed by atoms with Crippen LogP contribution in [-0.2, 0) is 11.3 Å². The topological polar surface area (TPSA) is 165 Å². The number of carbonyl (C=O) groups is 1. The van der Waals surface area contributed by atoms with Gasteiger partial charge in [-0.1, -0.05) is 6.07 Å². The lowest BCUT2D eigenvalue weighted by Gasteiger charge is -2.28. The molecule has 1 aliphatic heterocycles. The second-order valence-corrected chi connectivity index (χ2v) is 9.91. The largest absolute Gasteiger partial charge is 0.378 e. The van der Waals surface area contributed by atoms with E-state index in [1.807, 2.05) is 36.2 Å². The molecule has 0 unspecified atom stereocenters. The number of thiophene rings is 1. The molecule has 4 aromatic heterocycles. The van der Waals surface area contributed by atoms with Gasteiger partial charge in [0.25, 0.3) is 5.91 Å². The number of nitrogens with one attached hydrogen (secondary N) is 3. The second kappa shape index (κ2) is 9.81. The fourth-order valence-corrected chi connectivity index (χ4v) is 5.57. The molecule has 1 saturated heterocycles. The van der Waals surface area contributed by atoms with E-state index in [2.05, 4.69) is 24.8 Å². The maximum atomic E-state index is 12.0. The predicted octanol–water partition coefficient (Wildman–Crippen LogP) is 1.91. The summed E-state index contributed by atoms with van der Waals surface area (Å²) in [5, 5.41) is 8.79. The van der Waals surface area contributed by atoms with Gasteiger partial charge in [-0.15, -0.1) is 11.3 Å². The van der Waals surface area contributed by atoms with Crippen molar-refractivity contribution in [2.45, 2.75) is 6.54 Å². The van der Waals surface area contributed by atoms with Crippen molar-refractivity contribution in [1.82, 2.24) is 35.4 Å². The zero-order valence-electron chi connectivity index (χ0n) is 20.3. The van der Waals surface area contributed by atoms with Crippen molar-refractivity contribution < 1.29 is 14.7 Å². The number of rotatable bonds is 6. The molecule has 5 heterocycles. The molecule has 0 spiro atoms. The van der Waals surface area contributed by atoms with E-state index in [1.165, 1.54) is 12.4 Å². The summed E-state index contributed by atoms with van der Waals surface area (Å²) < 4.78 is 6.52. The minimum absolute atomic E-state index is 0.156. The van der Waals surface area contributed by atoms with E-state index < -0.39 is 5.91 Å². The zero-order valence-corrected chi connectivity index (χ0v) is 21.1. The van der Waals surface area contributed by atoms with E-state index in [1.54, 1.807) is 16.8 Å². The lowest BCUT2D eigenvalue weighted by Crippen LogP contribution is -2.36. The maximum absolute atomic E-state index is 12.0. The Bertz CT molecular complexity index is 1690. The van der Waals surface area contributed by atoms with Gasteiger partial charge in [-0.25, -0.2) is 30.2 Å². The first-order chi connectivity index (χ1) is 18.5. The molecule has 0 atom stereocenters. The van der Waals surface area contributed by atoms with Gasteiger partial charge in [-0.2, -0.15) is 0 Å². The van der Waals surface area contributed by atoms with E-state index in [0.717, 1.165) is 26.5 Å².